The number of hydrogen-bond acceptors (Lipinski definition) is 7. The third-order valence-electron chi connectivity index (χ3n) is 2.88. The second-order valence-corrected chi connectivity index (χ2v) is 6.69. The maximum Gasteiger partial charge on any atom is 0.341 e. The van der Waals surface area contributed by atoms with Crippen molar-refractivity contribution < 1.29 is 36.0 Å². The monoisotopic (exact) mass is 374 g/mol. The summed E-state index contributed by atoms with van der Waals surface area (Å²) in [5.74, 6) is -4.52. The van der Waals surface area contributed by atoms with Gasteiger partial charge in [0.05, 0.1) is 10.5 Å². The number of esters is 1. The van der Waals surface area contributed by atoms with E-state index in [1.807, 2.05) is 0 Å². The maximum atomic E-state index is 12.4. The van der Waals surface area contributed by atoms with E-state index in [2.05, 4.69) is 10.5 Å². The summed E-state index contributed by atoms with van der Waals surface area (Å²) < 4.78 is 56.8. The Morgan fingerprint density at radius 1 is 1.28 bits per heavy atom. The summed E-state index contributed by atoms with van der Waals surface area (Å²) in [6, 6.07) is 5.20. The van der Waals surface area contributed by atoms with E-state index in [0.29, 0.717) is 5.76 Å². The third-order valence-corrected chi connectivity index (χ3v) is 4.28. The largest absolute Gasteiger partial charge is 0.452 e. The van der Waals surface area contributed by atoms with Crippen molar-refractivity contribution in [2.45, 2.75) is 17.6 Å². The van der Waals surface area contributed by atoms with Crippen molar-refractivity contribution in [3.63, 3.8) is 0 Å². The molecule has 0 unspecified atom stereocenters. The van der Waals surface area contributed by atoms with Crippen molar-refractivity contribution in [2.75, 3.05) is 11.9 Å². The van der Waals surface area contributed by atoms with Gasteiger partial charge in [0.25, 0.3) is 5.91 Å². The molecule has 0 aliphatic rings. The average Bonchev–Trinajstić information content (AvgIpc) is 2.97. The van der Waals surface area contributed by atoms with Crippen LogP contribution in [0.2, 0.25) is 0 Å². The number of ether oxygens (including phenoxy) is 1. The number of nitrogens with one attached hydrogen (secondary N) is 1. The lowest BCUT2D eigenvalue weighted by molar-refractivity contribution is -0.119. The van der Waals surface area contributed by atoms with Gasteiger partial charge >= 0.3 is 11.7 Å². The summed E-state index contributed by atoms with van der Waals surface area (Å²) >= 11 is 0. The number of halogens is 2. The highest BCUT2D eigenvalue weighted by molar-refractivity contribution is 7.91. The molecular weight excluding hydrogens is 362 g/mol. The number of carbonyl (C=O) groups excluding carboxylic acids is 2. The van der Waals surface area contributed by atoms with Gasteiger partial charge in [0.1, 0.15) is 5.76 Å². The molecule has 1 N–H and O–H groups in total. The molecule has 134 valence electrons. The van der Waals surface area contributed by atoms with E-state index < -0.39 is 39.0 Å². The summed E-state index contributed by atoms with van der Waals surface area (Å²) in [6.45, 7) is 1.00. The number of aromatic nitrogens is 1. The van der Waals surface area contributed by atoms with Crippen molar-refractivity contribution >= 4 is 27.5 Å². The van der Waals surface area contributed by atoms with Crippen LogP contribution in [0.15, 0.2) is 39.8 Å². The SMILES string of the molecule is Cc1cc(NC(=O)COC(=O)c2ccc(S(=O)(=O)C(F)F)cc2)no1. The molecule has 0 spiro atoms. The Bertz CT molecular complexity index is 877. The minimum atomic E-state index is -4.74. The fourth-order valence-corrected chi connectivity index (χ4v) is 2.42. The van der Waals surface area contributed by atoms with Crippen LogP contribution in [0.3, 0.4) is 0 Å². The molecule has 8 nitrogen and oxygen atoms in total. The summed E-state index contributed by atoms with van der Waals surface area (Å²) in [5, 5.41) is 5.85. The van der Waals surface area contributed by atoms with Gasteiger partial charge in [-0.25, -0.2) is 13.2 Å². The Balaban J connectivity index is 1.93. The summed E-state index contributed by atoms with van der Waals surface area (Å²) in [6.07, 6.45) is 0. The van der Waals surface area contributed by atoms with Gasteiger partial charge in [-0.05, 0) is 31.2 Å². The van der Waals surface area contributed by atoms with Crippen molar-refractivity contribution in [3.05, 3.63) is 41.7 Å². The van der Waals surface area contributed by atoms with Crippen LogP contribution >= 0.6 is 0 Å². The van der Waals surface area contributed by atoms with Gasteiger partial charge < -0.3 is 14.6 Å². The summed E-state index contributed by atoms with van der Waals surface area (Å²) in [4.78, 5) is 22.7. The fraction of sp³-hybridized carbons (Fsp3) is 0.214. The number of rotatable bonds is 6. The number of aryl methyl sites for hydroxylation is 1. The lowest BCUT2D eigenvalue weighted by Crippen LogP contribution is -2.21. The number of sulfone groups is 1. The molecule has 1 amide bonds. The molecule has 0 fully saturated rings. The molecule has 0 aliphatic carbocycles. The highest BCUT2D eigenvalue weighted by atomic mass is 32.2. The number of alkyl halides is 2. The molecule has 0 bridgehead atoms. The van der Waals surface area contributed by atoms with Crippen LogP contribution in [0.1, 0.15) is 16.1 Å². The van der Waals surface area contributed by atoms with Crippen LogP contribution < -0.4 is 5.32 Å². The van der Waals surface area contributed by atoms with Crippen molar-refractivity contribution in [1.29, 1.82) is 0 Å². The number of nitrogens with zero attached hydrogens (tertiary/aromatic N) is 1. The van der Waals surface area contributed by atoms with Gasteiger partial charge in [0.15, 0.2) is 12.4 Å². The van der Waals surface area contributed by atoms with E-state index in [1.54, 1.807) is 6.92 Å². The Kier molecular flexibility index (Phi) is 5.47. The van der Waals surface area contributed by atoms with Crippen LogP contribution in [-0.4, -0.2) is 37.8 Å². The molecule has 1 heterocycles. The quantitative estimate of drug-likeness (QED) is 0.766. The van der Waals surface area contributed by atoms with Crippen molar-refractivity contribution in [1.82, 2.24) is 5.16 Å². The highest BCUT2D eigenvalue weighted by Gasteiger charge is 2.26. The minimum Gasteiger partial charge on any atom is -0.452 e. The summed E-state index contributed by atoms with van der Waals surface area (Å²) in [7, 11) is -4.74. The number of benzene rings is 1. The molecule has 11 heteroatoms. The van der Waals surface area contributed by atoms with E-state index in [9.17, 15) is 26.8 Å². The Hall–Kier alpha value is -2.82. The van der Waals surface area contributed by atoms with Gasteiger partial charge in [0, 0.05) is 6.07 Å². The van der Waals surface area contributed by atoms with E-state index in [-0.39, 0.29) is 11.4 Å². The number of anilines is 1. The first-order chi connectivity index (χ1) is 11.7. The molecule has 0 saturated carbocycles. The smallest absolute Gasteiger partial charge is 0.341 e. The van der Waals surface area contributed by atoms with Crippen molar-refractivity contribution in [2.24, 2.45) is 0 Å². The summed E-state index contributed by atoms with van der Waals surface area (Å²) in [5.41, 5.74) is -0.0988. The second kappa shape index (κ2) is 7.38. The van der Waals surface area contributed by atoms with Gasteiger partial charge in [-0.1, -0.05) is 5.16 Å². The van der Waals surface area contributed by atoms with Gasteiger partial charge in [-0.2, -0.15) is 8.78 Å². The molecule has 0 saturated heterocycles. The zero-order valence-electron chi connectivity index (χ0n) is 12.7. The van der Waals surface area contributed by atoms with Crippen molar-refractivity contribution in [3.8, 4) is 0 Å². The molecule has 0 radical (unpaired) electrons. The number of hydrogen-bond donors (Lipinski definition) is 1. The van der Waals surface area contributed by atoms with Crippen LogP contribution in [0.5, 0.6) is 0 Å². The first-order valence-corrected chi connectivity index (χ1v) is 8.27. The Morgan fingerprint density at radius 2 is 1.92 bits per heavy atom. The number of amides is 1. The average molecular weight is 374 g/mol. The van der Waals surface area contributed by atoms with Crippen LogP contribution in [0, 0.1) is 6.92 Å². The predicted octanol–water partition coefficient (Wildman–Crippen LogP) is 1.77. The molecular formula is C14H12F2N2O6S. The Labute approximate surface area is 140 Å². The van der Waals surface area contributed by atoms with Gasteiger partial charge in [-0.15, -0.1) is 0 Å². The fourth-order valence-electron chi connectivity index (χ4n) is 1.70. The zero-order chi connectivity index (χ0) is 18.6. The molecule has 2 aromatic rings. The molecule has 0 aliphatic heterocycles. The molecule has 1 aromatic carbocycles. The molecule has 25 heavy (non-hydrogen) atoms. The number of carbonyl (C=O) groups is 2. The van der Waals surface area contributed by atoms with E-state index in [1.165, 1.54) is 6.07 Å². The topological polar surface area (TPSA) is 116 Å². The van der Waals surface area contributed by atoms with Crippen LogP contribution in [0.25, 0.3) is 0 Å². The van der Waals surface area contributed by atoms with Gasteiger partial charge in [-0.3, -0.25) is 4.79 Å². The third kappa shape index (κ3) is 4.59. The molecule has 1 aromatic heterocycles. The van der Waals surface area contributed by atoms with E-state index in [4.69, 9.17) is 9.26 Å². The normalized spacial score (nSPS) is 11.4. The zero-order valence-corrected chi connectivity index (χ0v) is 13.5. The molecule has 0 atom stereocenters. The van der Waals surface area contributed by atoms with Crippen LogP contribution in [-0.2, 0) is 19.4 Å². The standard InChI is InChI=1S/C14H12F2N2O6S/c1-8-6-11(18-24-8)17-12(19)7-23-13(20)9-2-4-10(5-3-9)25(21,22)14(15)16/h2-6,14H,7H2,1H3,(H,17,18,19). The second-order valence-electron chi connectivity index (χ2n) is 4.78. The van der Waals surface area contributed by atoms with Gasteiger partial charge in [0.2, 0.25) is 9.84 Å². The lowest BCUT2D eigenvalue weighted by atomic mass is 10.2. The maximum absolute atomic E-state index is 12.4. The highest BCUT2D eigenvalue weighted by Crippen LogP contribution is 2.18. The first kappa shape index (κ1) is 18.5. The lowest BCUT2D eigenvalue weighted by Gasteiger charge is -2.06. The predicted molar refractivity (Wildman–Crippen MR) is 79.8 cm³/mol. The minimum absolute atomic E-state index is 0.0988. The molecule has 2 rings (SSSR count). The van der Waals surface area contributed by atoms with E-state index >= 15 is 0 Å². The van der Waals surface area contributed by atoms with E-state index in [0.717, 1.165) is 24.3 Å². The first-order valence-electron chi connectivity index (χ1n) is 6.72. The Morgan fingerprint density at radius 3 is 2.44 bits per heavy atom. The van der Waals surface area contributed by atoms with Crippen LogP contribution in [0.4, 0.5) is 14.6 Å².